The summed E-state index contributed by atoms with van der Waals surface area (Å²) in [5.74, 6) is -1.94. The Labute approximate surface area is 191 Å². The Balaban J connectivity index is 1.65. The highest BCUT2D eigenvalue weighted by molar-refractivity contribution is 7.90. The van der Waals surface area contributed by atoms with Gasteiger partial charge in [0.15, 0.2) is 9.84 Å². The van der Waals surface area contributed by atoms with Crippen LogP contribution in [0.15, 0.2) is 54.7 Å². The molecule has 0 fully saturated rings. The normalized spacial score (nSPS) is 13.2. The third-order valence-corrected chi connectivity index (χ3v) is 7.59. The lowest BCUT2D eigenvalue weighted by molar-refractivity contribution is 0.552. The number of benzene rings is 2. The van der Waals surface area contributed by atoms with E-state index in [1.165, 1.54) is 6.07 Å². The van der Waals surface area contributed by atoms with Crippen molar-refractivity contribution in [2.45, 2.75) is 31.9 Å². The van der Waals surface area contributed by atoms with Crippen molar-refractivity contribution in [3.05, 3.63) is 93.8 Å². The zero-order valence-electron chi connectivity index (χ0n) is 17.5. The molecular formula is C25H22ClF2NO2S. The predicted molar refractivity (Wildman–Crippen MR) is 124 cm³/mol. The van der Waals surface area contributed by atoms with E-state index in [-0.39, 0.29) is 23.3 Å². The Morgan fingerprint density at radius 3 is 2.53 bits per heavy atom. The molecule has 7 heteroatoms. The van der Waals surface area contributed by atoms with Gasteiger partial charge in [0.25, 0.3) is 0 Å². The van der Waals surface area contributed by atoms with E-state index in [1.54, 1.807) is 25.3 Å². The summed E-state index contributed by atoms with van der Waals surface area (Å²) in [6, 6.07) is 11.7. The first-order chi connectivity index (χ1) is 15.3. The van der Waals surface area contributed by atoms with Crippen molar-refractivity contribution >= 4 is 27.0 Å². The molecule has 3 nitrogen and oxygen atoms in total. The predicted octanol–water partition coefficient (Wildman–Crippen LogP) is 6.19. The fraction of sp³-hybridized carbons (Fsp3) is 0.240. The van der Waals surface area contributed by atoms with Gasteiger partial charge in [-0.2, -0.15) is 0 Å². The van der Waals surface area contributed by atoms with Gasteiger partial charge in [-0.1, -0.05) is 42.8 Å². The summed E-state index contributed by atoms with van der Waals surface area (Å²) >= 11 is 5.97. The first kappa shape index (κ1) is 22.6. The van der Waals surface area contributed by atoms with Gasteiger partial charge in [0, 0.05) is 46.3 Å². The van der Waals surface area contributed by atoms with Crippen LogP contribution < -0.4 is 0 Å². The molecule has 2 aromatic carbocycles. The molecule has 0 aliphatic heterocycles. The molecule has 0 spiro atoms. The lowest BCUT2D eigenvalue weighted by Crippen LogP contribution is -2.11. The van der Waals surface area contributed by atoms with Gasteiger partial charge in [0.1, 0.15) is 11.6 Å². The molecule has 4 rings (SSSR count). The summed E-state index contributed by atoms with van der Waals surface area (Å²) in [6.45, 7) is 1.75. The molecule has 32 heavy (non-hydrogen) atoms. The van der Waals surface area contributed by atoms with Crippen molar-refractivity contribution in [3.63, 3.8) is 0 Å². The highest BCUT2D eigenvalue weighted by Gasteiger charge is 2.23. The minimum Gasteiger partial charge on any atom is -0.260 e. The largest absolute Gasteiger partial charge is 0.260 e. The number of halogens is 3. The molecule has 0 saturated carbocycles. The topological polar surface area (TPSA) is 47.0 Å². The minimum absolute atomic E-state index is 0.00158. The van der Waals surface area contributed by atoms with Gasteiger partial charge in [0.05, 0.1) is 17.2 Å². The summed E-state index contributed by atoms with van der Waals surface area (Å²) in [5.41, 5.74) is 4.17. The lowest BCUT2D eigenvalue weighted by Gasteiger charge is -2.13. The van der Waals surface area contributed by atoms with Crippen molar-refractivity contribution in [1.29, 1.82) is 0 Å². The van der Waals surface area contributed by atoms with Crippen LogP contribution in [0.1, 0.15) is 35.7 Å². The van der Waals surface area contributed by atoms with Gasteiger partial charge in [-0.15, -0.1) is 0 Å². The average molecular weight is 474 g/mol. The molecule has 0 atom stereocenters. The second kappa shape index (κ2) is 9.12. The average Bonchev–Trinajstić information content (AvgIpc) is 3.15. The molecule has 0 saturated heterocycles. The number of sulfone groups is 1. The van der Waals surface area contributed by atoms with E-state index in [9.17, 15) is 12.8 Å². The fourth-order valence-corrected chi connectivity index (χ4v) is 5.55. The van der Waals surface area contributed by atoms with Crippen molar-refractivity contribution in [2.24, 2.45) is 0 Å². The zero-order valence-corrected chi connectivity index (χ0v) is 19.1. The number of allylic oxidation sites excluding steroid dienone is 2. The Morgan fingerprint density at radius 1 is 1.06 bits per heavy atom. The van der Waals surface area contributed by atoms with Gasteiger partial charge < -0.3 is 0 Å². The molecule has 1 heterocycles. The molecule has 3 aromatic rings. The van der Waals surface area contributed by atoms with Crippen LogP contribution in [0.5, 0.6) is 0 Å². The summed E-state index contributed by atoms with van der Waals surface area (Å²) in [4.78, 5) is 4.53. The Kier molecular flexibility index (Phi) is 6.45. The van der Waals surface area contributed by atoms with Gasteiger partial charge in [-0.3, -0.25) is 4.98 Å². The Hall–Kier alpha value is -2.57. The van der Waals surface area contributed by atoms with Gasteiger partial charge >= 0.3 is 0 Å². The van der Waals surface area contributed by atoms with Crippen LogP contribution in [0, 0.1) is 11.6 Å². The Morgan fingerprint density at radius 2 is 1.81 bits per heavy atom. The molecule has 1 aromatic heterocycles. The number of hydrogen-bond acceptors (Lipinski definition) is 3. The van der Waals surface area contributed by atoms with Crippen molar-refractivity contribution in [3.8, 4) is 11.1 Å². The summed E-state index contributed by atoms with van der Waals surface area (Å²) < 4.78 is 54.1. The highest BCUT2D eigenvalue weighted by atomic mass is 35.5. The molecule has 0 unspecified atom stereocenters. The van der Waals surface area contributed by atoms with Crippen LogP contribution in [0.2, 0.25) is 5.02 Å². The second-order valence-electron chi connectivity index (χ2n) is 7.93. The van der Waals surface area contributed by atoms with E-state index in [2.05, 4.69) is 4.98 Å². The summed E-state index contributed by atoms with van der Waals surface area (Å²) in [6.07, 6.45) is 4.75. The first-order valence-electron chi connectivity index (χ1n) is 10.4. The molecule has 0 radical (unpaired) electrons. The standard InChI is InChI=1S/C25H22ClF2NO2S/c1-2-11-32(30,31)15-18-5-9-23(27)22(25(18)28)12-17-6-10-24-21(17)13-19(14-29-24)16-3-7-20(26)8-4-16/h3-9,13-14H,2,10-12,15H2,1H3. The first-order valence-corrected chi connectivity index (χ1v) is 12.6. The third kappa shape index (κ3) is 4.76. The van der Waals surface area contributed by atoms with Crippen LogP contribution in [-0.4, -0.2) is 19.2 Å². The van der Waals surface area contributed by atoms with E-state index in [1.807, 2.05) is 24.3 Å². The van der Waals surface area contributed by atoms with Crippen LogP contribution in [0.4, 0.5) is 8.78 Å². The number of rotatable bonds is 7. The van der Waals surface area contributed by atoms with E-state index in [4.69, 9.17) is 11.6 Å². The van der Waals surface area contributed by atoms with Crippen LogP contribution >= 0.6 is 11.6 Å². The molecule has 0 bridgehead atoms. The molecule has 0 N–H and O–H groups in total. The maximum absolute atomic E-state index is 15.2. The number of hydrogen-bond donors (Lipinski definition) is 0. The zero-order chi connectivity index (χ0) is 22.9. The number of nitrogens with zero attached hydrogens (tertiary/aromatic N) is 1. The summed E-state index contributed by atoms with van der Waals surface area (Å²) in [5, 5.41) is 0.634. The van der Waals surface area contributed by atoms with E-state index in [0.717, 1.165) is 34.0 Å². The van der Waals surface area contributed by atoms with E-state index in [0.29, 0.717) is 17.9 Å². The van der Waals surface area contributed by atoms with Crippen LogP contribution in [0.3, 0.4) is 0 Å². The number of aromatic nitrogens is 1. The lowest BCUT2D eigenvalue weighted by atomic mass is 9.96. The van der Waals surface area contributed by atoms with Crippen molar-refractivity contribution in [1.82, 2.24) is 4.98 Å². The van der Waals surface area contributed by atoms with E-state index >= 15 is 4.39 Å². The van der Waals surface area contributed by atoms with Crippen LogP contribution in [0.25, 0.3) is 16.7 Å². The van der Waals surface area contributed by atoms with Crippen molar-refractivity contribution < 1.29 is 17.2 Å². The molecule has 1 aliphatic rings. The molecular weight excluding hydrogens is 452 g/mol. The molecule has 166 valence electrons. The SMILES string of the molecule is CCCS(=O)(=O)Cc1ccc(F)c(CC2=CCc3ncc(-c4ccc(Cl)cc4)cc32)c1F. The third-order valence-electron chi connectivity index (χ3n) is 5.56. The number of fused-ring (bicyclic) bond motifs is 1. The smallest absolute Gasteiger partial charge is 0.154 e. The quantitative estimate of drug-likeness (QED) is 0.411. The van der Waals surface area contributed by atoms with Gasteiger partial charge in [-0.25, -0.2) is 17.2 Å². The summed E-state index contributed by atoms with van der Waals surface area (Å²) in [7, 11) is -3.45. The van der Waals surface area contributed by atoms with Gasteiger partial charge in [0.2, 0.25) is 0 Å². The monoisotopic (exact) mass is 473 g/mol. The highest BCUT2D eigenvalue weighted by Crippen LogP contribution is 2.34. The van der Waals surface area contributed by atoms with Gasteiger partial charge in [-0.05, 0) is 41.8 Å². The second-order valence-corrected chi connectivity index (χ2v) is 10.5. The van der Waals surface area contributed by atoms with E-state index < -0.39 is 27.2 Å². The van der Waals surface area contributed by atoms with Crippen LogP contribution in [-0.2, 0) is 28.4 Å². The minimum atomic E-state index is -3.45. The molecule has 0 amide bonds. The maximum Gasteiger partial charge on any atom is 0.154 e. The number of pyridine rings is 1. The van der Waals surface area contributed by atoms with Crippen molar-refractivity contribution in [2.75, 3.05) is 5.75 Å². The fourth-order valence-electron chi connectivity index (χ4n) is 3.96. The molecule has 1 aliphatic carbocycles. The maximum atomic E-state index is 15.2. The Bertz CT molecular complexity index is 1300.